The fourth-order valence-electron chi connectivity index (χ4n) is 2.33. The highest BCUT2D eigenvalue weighted by molar-refractivity contribution is 8.00. The van der Waals surface area contributed by atoms with E-state index in [1.807, 2.05) is 11.8 Å². The summed E-state index contributed by atoms with van der Waals surface area (Å²) in [6.45, 7) is 6.01. The minimum absolute atomic E-state index is 0.330. The van der Waals surface area contributed by atoms with Gasteiger partial charge in [-0.05, 0) is 19.1 Å². The Bertz CT molecular complexity index is 510. The quantitative estimate of drug-likeness (QED) is 0.686. The van der Waals surface area contributed by atoms with Crippen LogP contribution in [0.4, 0.5) is 11.4 Å². The van der Waals surface area contributed by atoms with Crippen molar-refractivity contribution in [3.8, 4) is 0 Å². The largest absolute Gasteiger partial charge is 0.462 e. The summed E-state index contributed by atoms with van der Waals surface area (Å²) in [4.78, 5) is 14.3. The molecule has 0 bridgehead atoms. The van der Waals surface area contributed by atoms with Gasteiger partial charge in [0.15, 0.2) is 0 Å². The van der Waals surface area contributed by atoms with Crippen LogP contribution in [0.1, 0.15) is 24.2 Å². The molecule has 4 nitrogen and oxygen atoms in total. The lowest BCUT2D eigenvalue weighted by Crippen LogP contribution is -2.37. The van der Waals surface area contributed by atoms with Crippen molar-refractivity contribution < 1.29 is 9.53 Å². The number of nitrogen functional groups attached to an aromatic ring is 1. The van der Waals surface area contributed by atoms with Crippen molar-refractivity contribution in [3.05, 3.63) is 22.7 Å². The van der Waals surface area contributed by atoms with Crippen LogP contribution in [-0.2, 0) is 4.74 Å². The maximum atomic E-state index is 12.1. The molecule has 1 aliphatic heterocycles. The summed E-state index contributed by atoms with van der Waals surface area (Å²) in [7, 11) is 0. The maximum Gasteiger partial charge on any atom is 0.340 e. The topological polar surface area (TPSA) is 55.6 Å². The average Bonchev–Trinajstić information content (AvgIpc) is 2.38. The number of carbonyl (C=O) groups is 1. The molecular weight excluding hydrogens is 296 g/mol. The van der Waals surface area contributed by atoms with E-state index in [0.29, 0.717) is 28.1 Å². The Morgan fingerprint density at radius 3 is 3.00 bits per heavy atom. The van der Waals surface area contributed by atoms with Gasteiger partial charge in [-0.1, -0.05) is 18.5 Å². The second kappa shape index (κ2) is 6.59. The molecule has 0 amide bonds. The zero-order valence-electron chi connectivity index (χ0n) is 11.7. The Labute approximate surface area is 128 Å². The minimum atomic E-state index is -0.373. The molecule has 110 valence electrons. The number of nitrogens with zero attached hydrogens (tertiary/aromatic N) is 1. The average molecular weight is 315 g/mol. The van der Waals surface area contributed by atoms with Gasteiger partial charge in [0.05, 0.1) is 22.9 Å². The van der Waals surface area contributed by atoms with Crippen LogP contribution in [0.25, 0.3) is 0 Å². The van der Waals surface area contributed by atoms with Crippen molar-refractivity contribution in [3.63, 3.8) is 0 Å². The number of esters is 1. The van der Waals surface area contributed by atoms with E-state index in [1.165, 1.54) is 0 Å². The molecule has 0 aromatic heterocycles. The second-order valence-corrected chi connectivity index (χ2v) is 6.70. The first-order chi connectivity index (χ1) is 9.52. The SMILES string of the molecule is CCOC(=O)c1cc(N)cc(Cl)c1N1CCSC(C)C1. The number of carbonyl (C=O) groups excluding carboxylic acids is 1. The van der Waals surface area contributed by atoms with E-state index in [0.717, 1.165) is 24.5 Å². The van der Waals surface area contributed by atoms with E-state index in [1.54, 1.807) is 19.1 Å². The van der Waals surface area contributed by atoms with Crippen LogP contribution < -0.4 is 10.6 Å². The van der Waals surface area contributed by atoms with Crippen LogP contribution in [0.2, 0.25) is 5.02 Å². The van der Waals surface area contributed by atoms with Crippen LogP contribution in [0, 0.1) is 0 Å². The van der Waals surface area contributed by atoms with Gasteiger partial charge in [-0.3, -0.25) is 0 Å². The van der Waals surface area contributed by atoms with Crippen molar-refractivity contribution in [2.45, 2.75) is 19.1 Å². The number of rotatable bonds is 3. The molecule has 0 saturated carbocycles. The monoisotopic (exact) mass is 314 g/mol. The summed E-state index contributed by atoms with van der Waals surface area (Å²) in [5, 5.41) is 1.01. The van der Waals surface area contributed by atoms with Crippen LogP contribution in [0.15, 0.2) is 12.1 Å². The number of hydrogen-bond acceptors (Lipinski definition) is 5. The van der Waals surface area contributed by atoms with E-state index in [4.69, 9.17) is 22.1 Å². The molecule has 1 unspecified atom stereocenters. The molecule has 1 aliphatic rings. The van der Waals surface area contributed by atoms with Crippen molar-refractivity contribution >= 4 is 40.7 Å². The third-order valence-corrected chi connectivity index (χ3v) is 4.56. The predicted octanol–water partition coefficient (Wildman–Crippen LogP) is 3.04. The Kier molecular flexibility index (Phi) is 5.05. The number of anilines is 2. The fraction of sp³-hybridized carbons (Fsp3) is 0.500. The summed E-state index contributed by atoms with van der Waals surface area (Å²) in [5.41, 5.74) is 7.47. The molecule has 0 aliphatic carbocycles. The summed E-state index contributed by atoms with van der Waals surface area (Å²) >= 11 is 8.25. The third-order valence-electron chi connectivity index (χ3n) is 3.14. The van der Waals surface area contributed by atoms with Crippen molar-refractivity contribution in [2.75, 3.05) is 36.1 Å². The van der Waals surface area contributed by atoms with Gasteiger partial charge in [0.2, 0.25) is 0 Å². The Morgan fingerprint density at radius 2 is 2.35 bits per heavy atom. The van der Waals surface area contributed by atoms with Gasteiger partial charge in [-0.25, -0.2) is 4.79 Å². The number of thioether (sulfide) groups is 1. The summed E-state index contributed by atoms with van der Waals surface area (Å²) in [5.74, 6) is 0.645. The van der Waals surface area contributed by atoms with Crippen LogP contribution in [0.5, 0.6) is 0 Å². The standard InChI is InChI=1S/C14H19ClN2O2S/c1-3-19-14(18)11-6-10(16)7-12(15)13(11)17-4-5-20-9(2)8-17/h6-7,9H,3-5,8,16H2,1-2H3. The smallest absolute Gasteiger partial charge is 0.340 e. The van der Waals surface area contributed by atoms with Crippen molar-refractivity contribution in [1.82, 2.24) is 0 Å². The number of ether oxygens (including phenoxy) is 1. The van der Waals surface area contributed by atoms with Crippen LogP contribution in [-0.4, -0.2) is 36.7 Å². The van der Waals surface area contributed by atoms with Gasteiger partial charge in [0.1, 0.15) is 0 Å². The van der Waals surface area contributed by atoms with Crippen molar-refractivity contribution in [2.24, 2.45) is 0 Å². The molecule has 1 aromatic rings. The number of benzene rings is 1. The highest BCUT2D eigenvalue weighted by atomic mass is 35.5. The number of hydrogen-bond donors (Lipinski definition) is 1. The van der Waals surface area contributed by atoms with E-state index < -0.39 is 0 Å². The van der Waals surface area contributed by atoms with Gasteiger partial charge in [-0.15, -0.1) is 0 Å². The Morgan fingerprint density at radius 1 is 1.60 bits per heavy atom. The first kappa shape index (κ1) is 15.3. The van der Waals surface area contributed by atoms with Gasteiger partial charge < -0.3 is 15.4 Å². The lowest BCUT2D eigenvalue weighted by molar-refractivity contribution is 0.0527. The Hall–Kier alpha value is -1.07. The zero-order valence-corrected chi connectivity index (χ0v) is 13.3. The molecule has 2 rings (SSSR count). The predicted molar refractivity (Wildman–Crippen MR) is 86.0 cm³/mol. The van der Waals surface area contributed by atoms with Gasteiger partial charge >= 0.3 is 5.97 Å². The molecule has 2 N–H and O–H groups in total. The maximum absolute atomic E-state index is 12.1. The molecule has 1 heterocycles. The fourth-order valence-corrected chi connectivity index (χ4v) is 3.69. The van der Waals surface area contributed by atoms with Gasteiger partial charge in [-0.2, -0.15) is 11.8 Å². The summed E-state index contributed by atoms with van der Waals surface area (Å²) < 4.78 is 5.11. The molecule has 1 atom stereocenters. The molecule has 6 heteroatoms. The highest BCUT2D eigenvalue weighted by Gasteiger charge is 2.25. The summed E-state index contributed by atoms with van der Waals surface area (Å²) in [6, 6.07) is 3.33. The first-order valence-corrected chi connectivity index (χ1v) is 8.08. The van der Waals surface area contributed by atoms with E-state index >= 15 is 0 Å². The zero-order chi connectivity index (χ0) is 14.7. The Balaban J connectivity index is 2.41. The van der Waals surface area contributed by atoms with Gasteiger partial charge in [0.25, 0.3) is 0 Å². The summed E-state index contributed by atoms with van der Waals surface area (Å²) in [6.07, 6.45) is 0. The molecule has 1 aromatic carbocycles. The van der Waals surface area contributed by atoms with E-state index in [2.05, 4.69) is 11.8 Å². The second-order valence-electron chi connectivity index (χ2n) is 4.75. The lowest BCUT2D eigenvalue weighted by atomic mass is 10.1. The molecule has 20 heavy (non-hydrogen) atoms. The van der Waals surface area contributed by atoms with Crippen molar-refractivity contribution in [1.29, 1.82) is 0 Å². The van der Waals surface area contributed by atoms with E-state index in [9.17, 15) is 4.79 Å². The van der Waals surface area contributed by atoms with E-state index in [-0.39, 0.29) is 5.97 Å². The first-order valence-electron chi connectivity index (χ1n) is 6.65. The highest BCUT2D eigenvalue weighted by Crippen LogP contribution is 2.35. The normalized spacial score (nSPS) is 18.9. The molecule has 0 radical (unpaired) electrons. The van der Waals surface area contributed by atoms with Gasteiger partial charge in [0, 0.05) is 29.8 Å². The lowest BCUT2D eigenvalue weighted by Gasteiger charge is -2.34. The number of nitrogens with two attached hydrogens (primary N) is 1. The third kappa shape index (κ3) is 3.33. The molecule has 1 saturated heterocycles. The minimum Gasteiger partial charge on any atom is -0.462 e. The molecular formula is C14H19ClN2O2S. The molecule has 1 fully saturated rings. The van der Waals surface area contributed by atoms with Crippen LogP contribution >= 0.6 is 23.4 Å². The molecule has 0 spiro atoms. The van der Waals surface area contributed by atoms with Crippen LogP contribution in [0.3, 0.4) is 0 Å². The number of halogens is 1.